The zero-order chi connectivity index (χ0) is 17.5. The summed E-state index contributed by atoms with van der Waals surface area (Å²) in [5, 5.41) is 2.72. The SMILES string of the molecule is CCN(CC)S(=O)(=O)c1ccc(NC(=O)C2(C)CC2(Cl)Cl)cc1. The van der Waals surface area contributed by atoms with Crippen LogP contribution in [0.2, 0.25) is 0 Å². The summed E-state index contributed by atoms with van der Waals surface area (Å²) in [5.41, 5.74) is -0.312. The maximum absolute atomic E-state index is 12.4. The summed E-state index contributed by atoms with van der Waals surface area (Å²) in [5.74, 6) is -0.276. The van der Waals surface area contributed by atoms with Gasteiger partial charge in [0, 0.05) is 18.8 Å². The van der Waals surface area contributed by atoms with Crippen LogP contribution < -0.4 is 5.32 Å². The van der Waals surface area contributed by atoms with Crippen molar-refractivity contribution in [3.8, 4) is 0 Å². The number of hydrogen-bond donors (Lipinski definition) is 1. The van der Waals surface area contributed by atoms with Gasteiger partial charge in [-0.25, -0.2) is 8.42 Å². The van der Waals surface area contributed by atoms with Crippen molar-refractivity contribution in [3.05, 3.63) is 24.3 Å². The molecule has 1 unspecified atom stereocenters. The molecule has 23 heavy (non-hydrogen) atoms. The van der Waals surface area contributed by atoms with Crippen LogP contribution in [-0.2, 0) is 14.8 Å². The Morgan fingerprint density at radius 1 is 1.22 bits per heavy atom. The monoisotopic (exact) mass is 378 g/mol. The molecule has 1 aromatic carbocycles. The number of hydrogen-bond acceptors (Lipinski definition) is 3. The van der Waals surface area contributed by atoms with Gasteiger partial charge in [-0.1, -0.05) is 13.8 Å². The molecule has 128 valence electrons. The van der Waals surface area contributed by atoms with Gasteiger partial charge in [0.05, 0.1) is 10.3 Å². The first kappa shape index (κ1) is 18.5. The van der Waals surface area contributed by atoms with Crippen LogP contribution in [0, 0.1) is 5.41 Å². The van der Waals surface area contributed by atoms with Gasteiger partial charge in [0.1, 0.15) is 4.33 Å². The summed E-state index contributed by atoms with van der Waals surface area (Å²) >= 11 is 12.0. The van der Waals surface area contributed by atoms with Gasteiger partial charge in [-0.15, -0.1) is 23.2 Å². The van der Waals surface area contributed by atoms with Gasteiger partial charge in [0.15, 0.2) is 0 Å². The van der Waals surface area contributed by atoms with Crippen molar-refractivity contribution in [1.29, 1.82) is 0 Å². The molecule has 1 atom stereocenters. The number of benzene rings is 1. The Morgan fingerprint density at radius 2 is 1.70 bits per heavy atom. The van der Waals surface area contributed by atoms with Crippen molar-refractivity contribution in [2.24, 2.45) is 5.41 Å². The lowest BCUT2D eigenvalue weighted by molar-refractivity contribution is -0.120. The fourth-order valence-corrected chi connectivity index (χ4v) is 4.50. The minimum Gasteiger partial charge on any atom is -0.326 e. The molecule has 1 fully saturated rings. The summed E-state index contributed by atoms with van der Waals surface area (Å²) in [6.07, 6.45) is 0.392. The minimum atomic E-state index is -3.50. The van der Waals surface area contributed by atoms with Gasteiger partial charge in [-0.3, -0.25) is 4.79 Å². The Labute approximate surface area is 147 Å². The van der Waals surface area contributed by atoms with Crippen molar-refractivity contribution in [3.63, 3.8) is 0 Å². The molecule has 0 aliphatic heterocycles. The number of amides is 1. The van der Waals surface area contributed by atoms with E-state index in [2.05, 4.69) is 5.32 Å². The highest BCUT2D eigenvalue weighted by Gasteiger charge is 2.67. The fraction of sp³-hybridized carbons (Fsp3) is 0.533. The predicted octanol–water partition coefficient (Wildman–Crippen LogP) is 3.24. The van der Waals surface area contributed by atoms with E-state index in [-0.39, 0.29) is 10.8 Å². The third-order valence-corrected chi connectivity index (χ3v) is 7.38. The Balaban J connectivity index is 2.13. The Kier molecular flexibility index (Phi) is 5.02. The molecule has 1 N–H and O–H groups in total. The van der Waals surface area contributed by atoms with Crippen LogP contribution in [0.15, 0.2) is 29.2 Å². The van der Waals surface area contributed by atoms with E-state index in [4.69, 9.17) is 23.2 Å². The van der Waals surface area contributed by atoms with E-state index in [0.717, 1.165) is 0 Å². The van der Waals surface area contributed by atoms with Crippen molar-refractivity contribution in [2.45, 2.75) is 36.4 Å². The van der Waals surface area contributed by atoms with E-state index in [1.807, 2.05) is 0 Å². The highest BCUT2D eigenvalue weighted by molar-refractivity contribution is 7.89. The van der Waals surface area contributed by atoms with Gasteiger partial charge < -0.3 is 5.32 Å². The molecular weight excluding hydrogens is 359 g/mol. The average Bonchev–Trinajstić information content (AvgIpc) is 3.00. The molecule has 0 spiro atoms. The Morgan fingerprint density at radius 3 is 2.09 bits per heavy atom. The number of anilines is 1. The summed E-state index contributed by atoms with van der Waals surface area (Å²) in [7, 11) is -3.50. The number of carbonyl (C=O) groups is 1. The zero-order valence-corrected chi connectivity index (χ0v) is 15.6. The minimum absolute atomic E-state index is 0.195. The second kappa shape index (κ2) is 6.24. The molecule has 2 rings (SSSR count). The Bertz CT molecular complexity index is 700. The number of rotatable bonds is 6. The maximum Gasteiger partial charge on any atom is 0.243 e. The molecule has 1 amide bonds. The molecule has 1 aliphatic carbocycles. The number of nitrogens with zero attached hydrogens (tertiary/aromatic N) is 1. The second-order valence-electron chi connectivity index (χ2n) is 5.78. The third kappa shape index (κ3) is 3.36. The van der Waals surface area contributed by atoms with E-state index in [0.29, 0.717) is 25.2 Å². The van der Waals surface area contributed by atoms with Gasteiger partial charge in [0.2, 0.25) is 15.9 Å². The lowest BCUT2D eigenvalue weighted by Gasteiger charge is -2.18. The maximum atomic E-state index is 12.4. The first-order valence-corrected chi connectivity index (χ1v) is 9.57. The number of carbonyl (C=O) groups excluding carboxylic acids is 1. The molecule has 1 aromatic rings. The summed E-state index contributed by atoms with van der Waals surface area (Å²) in [6.45, 7) is 6.08. The van der Waals surface area contributed by atoms with Gasteiger partial charge >= 0.3 is 0 Å². The largest absolute Gasteiger partial charge is 0.326 e. The topological polar surface area (TPSA) is 66.5 Å². The third-order valence-electron chi connectivity index (χ3n) is 4.21. The zero-order valence-electron chi connectivity index (χ0n) is 13.3. The molecule has 0 radical (unpaired) electrons. The van der Waals surface area contributed by atoms with Crippen molar-refractivity contribution < 1.29 is 13.2 Å². The Hall–Kier alpha value is -0.820. The number of nitrogens with one attached hydrogen (secondary N) is 1. The van der Waals surface area contributed by atoms with Crippen LogP contribution in [-0.4, -0.2) is 36.1 Å². The van der Waals surface area contributed by atoms with Crippen LogP contribution in [0.3, 0.4) is 0 Å². The first-order valence-electron chi connectivity index (χ1n) is 7.38. The van der Waals surface area contributed by atoms with Crippen LogP contribution in [0.4, 0.5) is 5.69 Å². The van der Waals surface area contributed by atoms with Gasteiger partial charge in [0.25, 0.3) is 0 Å². The second-order valence-corrected chi connectivity index (χ2v) is 9.20. The van der Waals surface area contributed by atoms with Crippen LogP contribution in [0.5, 0.6) is 0 Å². The first-order chi connectivity index (χ1) is 10.6. The average molecular weight is 379 g/mol. The summed E-state index contributed by atoms with van der Waals surface area (Å²) in [6, 6.07) is 6.08. The number of alkyl halides is 2. The van der Waals surface area contributed by atoms with E-state index in [1.165, 1.54) is 16.4 Å². The fourth-order valence-electron chi connectivity index (χ4n) is 2.34. The van der Waals surface area contributed by atoms with Crippen molar-refractivity contribution in [2.75, 3.05) is 18.4 Å². The molecule has 5 nitrogen and oxygen atoms in total. The van der Waals surface area contributed by atoms with E-state index < -0.39 is 19.8 Å². The number of sulfonamides is 1. The molecule has 0 bridgehead atoms. The highest BCUT2D eigenvalue weighted by Crippen LogP contribution is 2.64. The predicted molar refractivity (Wildman–Crippen MR) is 92.3 cm³/mol. The lowest BCUT2D eigenvalue weighted by Crippen LogP contribution is -2.30. The van der Waals surface area contributed by atoms with Crippen LogP contribution in [0.25, 0.3) is 0 Å². The van der Waals surface area contributed by atoms with Crippen molar-refractivity contribution >= 4 is 44.8 Å². The highest BCUT2D eigenvalue weighted by atomic mass is 35.5. The molecule has 0 heterocycles. The summed E-state index contributed by atoms with van der Waals surface area (Å²) < 4.78 is 25.1. The number of halogens is 2. The van der Waals surface area contributed by atoms with E-state index >= 15 is 0 Å². The molecule has 1 aliphatic rings. The van der Waals surface area contributed by atoms with Gasteiger partial charge in [-0.05, 0) is 37.6 Å². The summed E-state index contributed by atoms with van der Waals surface area (Å²) in [4.78, 5) is 12.4. The van der Waals surface area contributed by atoms with Crippen molar-refractivity contribution in [1.82, 2.24) is 4.31 Å². The van der Waals surface area contributed by atoms with Crippen LogP contribution in [0.1, 0.15) is 27.2 Å². The quantitative estimate of drug-likeness (QED) is 0.772. The smallest absolute Gasteiger partial charge is 0.243 e. The van der Waals surface area contributed by atoms with Gasteiger partial charge in [-0.2, -0.15) is 4.31 Å². The van der Waals surface area contributed by atoms with E-state index in [9.17, 15) is 13.2 Å². The standard InChI is InChI=1S/C15H20Cl2N2O3S/c1-4-19(5-2)23(21,22)12-8-6-11(7-9-12)18-13(20)14(3)10-15(14,16)17/h6-9H,4-5,10H2,1-3H3,(H,18,20). The molecule has 1 saturated carbocycles. The molecule has 0 aromatic heterocycles. The van der Waals surface area contributed by atoms with E-state index in [1.54, 1.807) is 32.9 Å². The normalized spacial score (nSPS) is 22.9. The lowest BCUT2D eigenvalue weighted by atomic mass is 10.1. The molecule has 8 heteroatoms. The van der Waals surface area contributed by atoms with Crippen LogP contribution >= 0.6 is 23.2 Å². The molecule has 0 saturated heterocycles. The molecular formula is C15H20Cl2N2O3S.